The van der Waals surface area contributed by atoms with Gasteiger partial charge in [-0.1, -0.05) is 22.9 Å². The van der Waals surface area contributed by atoms with Gasteiger partial charge in [0, 0.05) is 35.3 Å². The molecule has 1 aromatic carbocycles. The summed E-state index contributed by atoms with van der Waals surface area (Å²) < 4.78 is 0.524. The van der Waals surface area contributed by atoms with Crippen molar-refractivity contribution in [2.75, 3.05) is 19.6 Å². The molecule has 0 aromatic heterocycles. The number of hydrogen-bond acceptors (Lipinski definition) is 4. The Hall–Kier alpha value is -1.18. The average Bonchev–Trinajstić information content (AvgIpc) is 2.80. The summed E-state index contributed by atoms with van der Waals surface area (Å²) >= 11 is 3.20. The highest BCUT2D eigenvalue weighted by molar-refractivity contribution is 9.10. The smallest absolute Gasteiger partial charge is 0.271 e. The number of nitrogens with zero attached hydrogens (tertiary/aromatic N) is 2. The lowest BCUT2D eigenvalue weighted by atomic mass is 9.90. The van der Waals surface area contributed by atoms with Gasteiger partial charge in [-0.25, -0.2) is 0 Å². The predicted octanol–water partition coefficient (Wildman–Crippen LogP) is 2.59. The average molecular weight is 379 g/mol. The van der Waals surface area contributed by atoms with E-state index < -0.39 is 4.92 Å². The van der Waals surface area contributed by atoms with Crippen LogP contribution in [0.25, 0.3) is 0 Å². The Kier molecular flexibility index (Phi) is 5.72. The van der Waals surface area contributed by atoms with Gasteiger partial charge in [-0.15, -0.1) is 12.4 Å². The number of halogens is 2. The fourth-order valence-corrected chi connectivity index (χ4v) is 2.83. The van der Waals surface area contributed by atoms with Crippen molar-refractivity contribution in [1.29, 1.82) is 0 Å². The Balaban J connectivity index is 0.00000220. The van der Waals surface area contributed by atoms with Crippen LogP contribution in [0.3, 0.4) is 0 Å². The molecule has 1 atom stereocenters. The number of nitro groups is 1. The van der Waals surface area contributed by atoms with Crippen LogP contribution in [0, 0.1) is 15.5 Å². The van der Waals surface area contributed by atoms with Crippen molar-refractivity contribution in [3.05, 3.63) is 38.3 Å². The van der Waals surface area contributed by atoms with Crippen LogP contribution in [0.5, 0.6) is 0 Å². The highest BCUT2D eigenvalue weighted by atomic mass is 79.9. The molecule has 2 N–H and O–H groups in total. The summed E-state index contributed by atoms with van der Waals surface area (Å²) in [5.41, 5.74) is 5.89. The predicted molar refractivity (Wildman–Crippen MR) is 85.7 cm³/mol. The van der Waals surface area contributed by atoms with Crippen LogP contribution in [-0.2, 0) is 0 Å². The normalized spacial score (nSPS) is 21.0. The minimum absolute atomic E-state index is 0. The van der Waals surface area contributed by atoms with Gasteiger partial charge in [0.25, 0.3) is 11.6 Å². The van der Waals surface area contributed by atoms with Crippen molar-refractivity contribution < 1.29 is 9.72 Å². The van der Waals surface area contributed by atoms with E-state index in [-0.39, 0.29) is 29.4 Å². The van der Waals surface area contributed by atoms with E-state index in [9.17, 15) is 14.9 Å². The Morgan fingerprint density at radius 3 is 2.71 bits per heavy atom. The monoisotopic (exact) mass is 377 g/mol. The molecule has 8 heteroatoms. The molecule has 1 fully saturated rings. The standard InChI is InChI=1S/C13H16BrN3O3.ClH/c1-13(7-15)2-3-16(8-13)12(18)9-4-10(14)6-11(5-9)17(19)20;/h4-6H,2-3,7-8,15H2,1H3;1H. The summed E-state index contributed by atoms with van der Waals surface area (Å²) in [6.45, 7) is 3.79. The van der Waals surface area contributed by atoms with E-state index in [4.69, 9.17) is 5.73 Å². The molecule has 6 nitrogen and oxygen atoms in total. The third kappa shape index (κ3) is 3.93. The maximum atomic E-state index is 12.4. The second-order valence-electron chi connectivity index (χ2n) is 5.45. The van der Waals surface area contributed by atoms with Crippen LogP contribution in [0.2, 0.25) is 0 Å². The summed E-state index contributed by atoms with van der Waals surface area (Å²) in [6, 6.07) is 4.30. The summed E-state index contributed by atoms with van der Waals surface area (Å²) in [6.07, 6.45) is 0.853. The number of nitrogens with two attached hydrogens (primary N) is 1. The first-order valence-corrected chi connectivity index (χ1v) is 7.08. The van der Waals surface area contributed by atoms with Crippen LogP contribution in [-0.4, -0.2) is 35.4 Å². The van der Waals surface area contributed by atoms with Crippen molar-refractivity contribution in [3.8, 4) is 0 Å². The molecule has 2 rings (SSSR count). The van der Waals surface area contributed by atoms with Crippen molar-refractivity contribution >= 4 is 39.9 Å². The van der Waals surface area contributed by atoms with E-state index in [1.165, 1.54) is 12.1 Å². The molecule has 0 spiro atoms. The topological polar surface area (TPSA) is 89.5 Å². The van der Waals surface area contributed by atoms with Crippen molar-refractivity contribution in [1.82, 2.24) is 4.90 Å². The van der Waals surface area contributed by atoms with Gasteiger partial charge in [0.1, 0.15) is 0 Å². The van der Waals surface area contributed by atoms with Gasteiger partial charge in [0.2, 0.25) is 0 Å². The Labute approximate surface area is 137 Å². The lowest BCUT2D eigenvalue weighted by molar-refractivity contribution is -0.385. The summed E-state index contributed by atoms with van der Waals surface area (Å²) in [4.78, 5) is 24.5. The molecule has 21 heavy (non-hydrogen) atoms. The number of hydrogen-bond donors (Lipinski definition) is 1. The van der Waals surface area contributed by atoms with E-state index in [0.717, 1.165) is 6.42 Å². The number of benzene rings is 1. The molecule has 1 amide bonds. The van der Waals surface area contributed by atoms with Crippen LogP contribution >= 0.6 is 28.3 Å². The number of carbonyl (C=O) groups is 1. The first-order chi connectivity index (χ1) is 9.34. The molecule has 0 radical (unpaired) electrons. The molecule has 0 bridgehead atoms. The minimum atomic E-state index is -0.504. The largest absolute Gasteiger partial charge is 0.338 e. The zero-order valence-electron chi connectivity index (χ0n) is 11.5. The molecule has 1 aromatic rings. The third-order valence-corrected chi connectivity index (χ3v) is 4.14. The van der Waals surface area contributed by atoms with E-state index in [2.05, 4.69) is 15.9 Å². The first-order valence-electron chi connectivity index (χ1n) is 6.29. The van der Waals surface area contributed by atoms with Gasteiger partial charge in [-0.2, -0.15) is 0 Å². The highest BCUT2D eigenvalue weighted by Crippen LogP contribution is 2.30. The SMILES string of the molecule is CC1(CN)CCN(C(=O)c2cc(Br)cc([N+](=O)[O-])c2)C1.Cl. The second-order valence-corrected chi connectivity index (χ2v) is 6.36. The second kappa shape index (κ2) is 6.72. The molecule has 0 saturated carbocycles. The van der Waals surface area contributed by atoms with E-state index in [0.29, 0.717) is 29.7 Å². The Bertz CT molecular complexity index is 570. The van der Waals surface area contributed by atoms with Gasteiger partial charge >= 0.3 is 0 Å². The zero-order valence-corrected chi connectivity index (χ0v) is 13.9. The quantitative estimate of drug-likeness (QED) is 0.646. The van der Waals surface area contributed by atoms with Gasteiger partial charge < -0.3 is 10.6 Å². The third-order valence-electron chi connectivity index (χ3n) is 3.68. The number of amides is 1. The fourth-order valence-electron chi connectivity index (χ4n) is 2.35. The molecule has 116 valence electrons. The van der Waals surface area contributed by atoms with Crippen LogP contribution in [0.15, 0.2) is 22.7 Å². The molecule has 1 aliphatic rings. The van der Waals surface area contributed by atoms with E-state index in [1.807, 2.05) is 6.92 Å². The summed E-state index contributed by atoms with van der Waals surface area (Å²) in [7, 11) is 0. The van der Waals surface area contributed by atoms with Gasteiger partial charge in [0.05, 0.1) is 4.92 Å². The zero-order chi connectivity index (χ0) is 14.9. The van der Waals surface area contributed by atoms with Gasteiger partial charge in [-0.3, -0.25) is 14.9 Å². The van der Waals surface area contributed by atoms with Crippen LogP contribution in [0.4, 0.5) is 5.69 Å². The molecule has 1 aliphatic heterocycles. The van der Waals surface area contributed by atoms with Crippen molar-refractivity contribution in [3.63, 3.8) is 0 Å². The van der Waals surface area contributed by atoms with Crippen molar-refractivity contribution in [2.45, 2.75) is 13.3 Å². The molecule has 1 saturated heterocycles. The summed E-state index contributed by atoms with van der Waals surface area (Å²) in [5.74, 6) is -0.188. The molecule has 1 heterocycles. The lowest BCUT2D eigenvalue weighted by Crippen LogP contribution is -2.34. The molecule has 0 aliphatic carbocycles. The van der Waals surface area contributed by atoms with E-state index in [1.54, 1.807) is 11.0 Å². The van der Waals surface area contributed by atoms with Gasteiger partial charge in [0.15, 0.2) is 0 Å². The van der Waals surface area contributed by atoms with Crippen LogP contribution in [0.1, 0.15) is 23.7 Å². The highest BCUT2D eigenvalue weighted by Gasteiger charge is 2.35. The number of likely N-dealkylation sites (tertiary alicyclic amines) is 1. The Morgan fingerprint density at radius 1 is 1.52 bits per heavy atom. The number of rotatable bonds is 3. The number of non-ortho nitro benzene ring substituents is 1. The maximum absolute atomic E-state index is 12.4. The number of nitro benzene ring substituents is 1. The number of carbonyl (C=O) groups excluding carboxylic acids is 1. The Morgan fingerprint density at radius 2 is 2.19 bits per heavy atom. The summed E-state index contributed by atoms with van der Waals surface area (Å²) in [5, 5.41) is 10.8. The first kappa shape index (κ1) is 17.9. The lowest BCUT2D eigenvalue weighted by Gasteiger charge is -2.22. The van der Waals surface area contributed by atoms with E-state index >= 15 is 0 Å². The van der Waals surface area contributed by atoms with Gasteiger partial charge in [-0.05, 0) is 24.4 Å². The maximum Gasteiger partial charge on any atom is 0.271 e. The molecular weight excluding hydrogens is 362 g/mol. The fraction of sp³-hybridized carbons (Fsp3) is 0.462. The minimum Gasteiger partial charge on any atom is -0.338 e. The molecular formula is C13H17BrClN3O3. The van der Waals surface area contributed by atoms with Crippen LogP contribution < -0.4 is 5.73 Å². The van der Waals surface area contributed by atoms with Crippen molar-refractivity contribution in [2.24, 2.45) is 11.1 Å². The molecule has 1 unspecified atom stereocenters.